The van der Waals surface area contributed by atoms with Crippen molar-refractivity contribution < 1.29 is 26.9 Å². The molecule has 4 nitrogen and oxygen atoms in total. The Labute approximate surface area is 89.6 Å². The van der Waals surface area contributed by atoms with Gasteiger partial charge in [0.2, 0.25) is 6.33 Å². The lowest BCUT2D eigenvalue weighted by Gasteiger charge is -2.04. The Hall–Kier alpha value is -1.03. The minimum absolute atomic E-state index is 0. The average Bonchev–Trinajstić information content (AvgIpc) is 2.53. The molecular weight excluding hydrogens is 204 g/mol. The molecule has 14 heavy (non-hydrogen) atoms. The van der Waals surface area contributed by atoms with Crippen LogP contribution in [-0.2, 0) is 11.3 Å². The van der Waals surface area contributed by atoms with E-state index in [1.807, 2.05) is 30.9 Å². The summed E-state index contributed by atoms with van der Waals surface area (Å²) in [5.74, 6) is -0.777. The van der Waals surface area contributed by atoms with Gasteiger partial charge in [-0.3, -0.25) is 0 Å². The Kier molecular flexibility index (Phi) is 5.23. The smallest absolute Gasteiger partial charge is 0.349 e. The number of nitrogens with zero attached hydrogens (tertiary/aromatic N) is 2. The number of carboxylic acid groups (broad SMARTS) is 1. The third kappa shape index (κ3) is 2.73. The van der Waals surface area contributed by atoms with Crippen molar-refractivity contribution >= 4 is 5.97 Å². The topological polar surface area (TPSA) is 46.1 Å². The van der Waals surface area contributed by atoms with E-state index in [4.69, 9.17) is 5.11 Å². The van der Waals surface area contributed by atoms with Gasteiger partial charge >= 0.3 is 5.97 Å². The number of halogens is 1. The second-order valence-corrected chi connectivity index (χ2v) is 2.95. The van der Waals surface area contributed by atoms with E-state index in [0.717, 1.165) is 6.54 Å². The lowest BCUT2D eigenvalue weighted by atomic mass is 10.2. The van der Waals surface area contributed by atoms with E-state index in [9.17, 15) is 4.79 Å². The number of carbonyl (C=O) groups is 1. The van der Waals surface area contributed by atoms with Crippen molar-refractivity contribution in [2.24, 2.45) is 0 Å². The number of imidazole rings is 1. The fourth-order valence-corrected chi connectivity index (χ4v) is 1.30. The molecule has 1 atom stereocenters. The molecule has 1 rings (SSSR count). The second-order valence-electron chi connectivity index (χ2n) is 2.95. The molecule has 0 radical (unpaired) electrons. The van der Waals surface area contributed by atoms with Crippen molar-refractivity contribution in [3.8, 4) is 0 Å². The predicted molar refractivity (Wildman–Crippen MR) is 47.3 cm³/mol. The Morgan fingerprint density at radius 3 is 2.57 bits per heavy atom. The molecule has 0 bridgehead atoms. The Bertz CT molecular complexity index is 299. The maximum absolute atomic E-state index is 10.8. The highest BCUT2D eigenvalue weighted by atomic mass is 35.5. The van der Waals surface area contributed by atoms with Gasteiger partial charge in [-0.05, 0) is 13.3 Å². The summed E-state index contributed by atoms with van der Waals surface area (Å²) in [4.78, 5) is 10.8. The van der Waals surface area contributed by atoms with Gasteiger partial charge in [0.25, 0.3) is 0 Å². The maximum atomic E-state index is 10.8. The summed E-state index contributed by atoms with van der Waals surface area (Å²) in [5.41, 5.74) is 0. The molecule has 0 aliphatic rings. The van der Waals surface area contributed by atoms with Gasteiger partial charge in [-0.15, -0.1) is 0 Å². The lowest BCUT2D eigenvalue weighted by Crippen LogP contribution is -3.00. The minimum Gasteiger partial charge on any atom is -1.00 e. The molecule has 0 spiro atoms. The largest absolute Gasteiger partial charge is 1.00 e. The molecule has 0 fully saturated rings. The number of carboxylic acids is 1. The molecule has 1 N–H and O–H groups in total. The van der Waals surface area contributed by atoms with Gasteiger partial charge in [0.1, 0.15) is 12.4 Å². The molecule has 1 heterocycles. The summed E-state index contributed by atoms with van der Waals surface area (Å²) in [6.07, 6.45) is 6.10. The SMILES string of the molecule is CCC(C(=O)O)n1cc[n+](CC)c1.[Cl-]. The first-order valence-corrected chi connectivity index (χ1v) is 4.48. The number of rotatable bonds is 4. The molecule has 0 aromatic carbocycles. The van der Waals surface area contributed by atoms with Crippen LogP contribution in [-0.4, -0.2) is 15.6 Å². The number of aromatic nitrogens is 2. The lowest BCUT2D eigenvalue weighted by molar-refractivity contribution is -0.693. The van der Waals surface area contributed by atoms with Crippen LogP contribution in [0.15, 0.2) is 18.7 Å². The quantitative estimate of drug-likeness (QED) is 0.585. The van der Waals surface area contributed by atoms with Gasteiger partial charge in [0.15, 0.2) is 6.04 Å². The highest BCUT2D eigenvalue weighted by Crippen LogP contribution is 2.09. The Morgan fingerprint density at radius 2 is 2.21 bits per heavy atom. The van der Waals surface area contributed by atoms with E-state index in [2.05, 4.69) is 0 Å². The fourth-order valence-electron chi connectivity index (χ4n) is 1.30. The zero-order valence-corrected chi connectivity index (χ0v) is 9.11. The first-order chi connectivity index (χ1) is 6.19. The van der Waals surface area contributed by atoms with Crippen molar-refractivity contribution in [1.29, 1.82) is 0 Å². The van der Waals surface area contributed by atoms with Crippen molar-refractivity contribution in [1.82, 2.24) is 4.57 Å². The maximum Gasteiger partial charge on any atom is 0.349 e. The van der Waals surface area contributed by atoms with Crippen LogP contribution in [0.3, 0.4) is 0 Å². The van der Waals surface area contributed by atoms with Crippen LogP contribution in [0.25, 0.3) is 0 Å². The minimum atomic E-state index is -0.777. The monoisotopic (exact) mass is 218 g/mol. The summed E-state index contributed by atoms with van der Waals surface area (Å²) in [7, 11) is 0. The van der Waals surface area contributed by atoms with E-state index in [1.165, 1.54) is 0 Å². The van der Waals surface area contributed by atoms with E-state index < -0.39 is 12.0 Å². The molecule has 0 saturated heterocycles. The number of aryl methyl sites for hydroxylation is 1. The summed E-state index contributed by atoms with van der Waals surface area (Å²) in [6.45, 7) is 4.75. The zero-order valence-electron chi connectivity index (χ0n) is 8.35. The Balaban J connectivity index is 0.00000169. The number of aliphatic carboxylic acids is 1. The number of hydrogen-bond donors (Lipinski definition) is 1. The van der Waals surface area contributed by atoms with Gasteiger partial charge in [0, 0.05) is 0 Å². The van der Waals surface area contributed by atoms with Crippen LogP contribution in [0, 0.1) is 0 Å². The van der Waals surface area contributed by atoms with Crippen molar-refractivity contribution in [2.45, 2.75) is 32.9 Å². The first kappa shape index (κ1) is 13.0. The standard InChI is InChI=1S/C9H14N2O2.ClH/c1-3-8(9(12)13)11-6-5-10(4-2)7-11;/h5-8H,3-4H2,1-2H3;1H. The van der Waals surface area contributed by atoms with Gasteiger partial charge in [-0.2, -0.15) is 0 Å². The van der Waals surface area contributed by atoms with Crippen molar-refractivity contribution in [3.05, 3.63) is 18.7 Å². The Morgan fingerprint density at radius 1 is 1.57 bits per heavy atom. The van der Waals surface area contributed by atoms with Gasteiger partial charge in [0.05, 0.1) is 6.54 Å². The second kappa shape index (κ2) is 5.65. The fraction of sp³-hybridized carbons (Fsp3) is 0.556. The van der Waals surface area contributed by atoms with E-state index in [-0.39, 0.29) is 12.4 Å². The molecule has 80 valence electrons. The van der Waals surface area contributed by atoms with Crippen LogP contribution >= 0.6 is 0 Å². The first-order valence-electron chi connectivity index (χ1n) is 4.48. The summed E-state index contributed by atoms with van der Waals surface area (Å²) in [5, 5.41) is 8.88. The molecule has 0 aliphatic carbocycles. The van der Waals surface area contributed by atoms with Crippen LogP contribution in [0.1, 0.15) is 26.3 Å². The molecule has 0 amide bonds. The van der Waals surface area contributed by atoms with Crippen molar-refractivity contribution in [2.75, 3.05) is 0 Å². The summed E-state index contributed by atoms with van der Waals surface area (Å²) >= 11 is 0. The van der Waals surface area contributed by atoms with Crippen LogP contribution in [0.2, 0.25) is 0 Å². The van der Waals surface area contributed by atoms with Gasteiger partial charge in [-0.1, -0.05) is 6.92 Å². The number of hydrogen-bond acceptors (Lipinski definition) is 1. The summed E-state index contributed by atoms with van der Waals surface area (Å²) in [6, 6.07) is -0.437. The van der Waals surface area contributed by atoms with E-state index in [1.54, 1.807) is 10.8 Å². The van der Waals surface area contributed by atoms with Crippen LogP contribution in [0.5, 0.6) is 0 Å². The van der Waals surface area contributed by atoms with Crippen LogP contribution < -0.4 is 17.0 Å². The molecule has 1 aromatic rings. The van der Waals surface area contributed by atoms with Gasteiger partial charge < -0.3 is 17.5 Å². The van der Waals surface area contributed by atoms with E-state index >= 15 is 0 Å². The molecule has 0 saturated carbocycles. The average molecular weight is 219 g/mol. The molecule has 1 unspecified atom stereocenters. The molecular formula is C9H15ClN2O2. The molecule has 5 heteroatoms. The zero-order chi connectivity index (χ0) is 9.84. The van der Waals surface area contributed by atoms with Crippen molar-refractivity contribution in [3.63, 3.8) is 0 Å². The molecule has 1 aromatic heterocycles. The molecule has 0 aliphatic heterocycles. The normalized spacial score (nSPS) is 11.9. The summed E-state index contributed by atoms with van der Waals surface area (Å²) < 4.78 is 3.68. The third-order valence-corrected chi connectivity index (χ3v) is 2.11. The van der Waals surface area contributed by atoms with E-state index in [0.29, 0.717) is 6.42 Å². The third-order valence-electron chi connectivity index (χ3n) is 2.11. The highest BCUT2D eigenvalue weighted by molar-refractivity contribution is 5.71. The highest BCUT2D eigenvalue weighted by Gasteiger charge is 2.21. The van der Waals surface area contributed by atoms with Crippen LogP contribution in [0.4, 0.5) is 0 Å². The van der Waals surface area contributed by atoms with Gasteiger partial charge in [-0.25, -0.2) is 13.9 Å². The predicted octanol–water partition coefficient (Wildman–Crippen LogP) is -2.16.